The highest BCUT2D eigenvalue weighted by Crippen LogP contribution is 2.32. The largest absolute Gasteiger partial charge is 0.494 e. The predicted molar refractivity (Wildman–Crippen MR) is 65.9 cm³/mol. The van der Waals surface area contributed by atoms with Crippen molar-refractivity contribution in [3.63, 3.8) is 0 Å². The van der Waals surface area contributed by atoms with Crippen molar-refractivity contribution in [3.05, 3.63) is 17.9 Å². The molecule has 1 aromatic rings. The molecule has 19 heavy (non-hydrogen) atoms. The lowest BCUT2D eigenvalue weighted by Gasteiger charge is -2.27. The summed E-state index contributed by atoms with van der Waals surface area (Å²) in [6, 6.07) is 2.15. The van der Waals surface area contributed by atoms with Gasteiger partial charge in [0, 0.05) is 18.7 Å². The minimum atomic E-state index is -4.36. The zero-order valence-electron chi connectivity index (χ0n) is 10.7. The van der Waals surface area contributed by atoms with Crippen LogP contribution < -0.4 is 15.4 Å². The van der Waals surface area contributed by atoms with Crippen LogP contribution in [-0.4, -0.2) is 26.4 Å². The molecule has 0 heterocycles. The lowest BCUT2D eigenvalue weighted by molar-refractivity contribution is -0.119. The third kappa shape index (κ3) is 4.18. The summed E-state index contributed by atoms with van der Waals surface area (Å²) in [5.74, 6) is -0.834. The molecule has 0 aromatic heterocycles. The molecule has 108 valence electrons. The summed E-state index contributed by atoms with van der Waals surface area (Å²) in [5, 5.41) is 0. The Labute approximate surface area is 108 Å². The summed E-state index contributed by atoms with van der Waals surface area (Å²) in [6.07, 6.45) is -3.85. The number of methoxy groups -OCH3 is 1. The number of nitrogen functional groups attached to an aromatic ring is 1. The van der Waals surface area contributed by atoms with Gasteiger partial charge in [-0.05, 0) is 6.42 Å². The van der Waals surface area contributed by atoms with Crippen molar-refractivity contribution < 1.29 is 22.3 Å². The van der Waals surface area contributed by atoms with E-state index in [0.717, 1.165) is 11.0 Å². The summed E-state index contributed by atoms with van der Waals surface area (Å²) >= 11 is 0. The van der Waals surface area contributed by atoms with E-state index in [1.807, 2.05) is 0 Å². The number of nitrogens with two attached hydrogens (primary N) is 1. The number of hydrogen-bond acceptors (Lipinski definition) is 3. The van der Waals surface area contributed by atoms with Crippen LogP contribution in [0, 0.1) is 5.82 Å². The molecule has 0 saturated heterocycles. The van der Waals surface area contributed by atoms with Crippen molar-refractivity contribution in [2.75, 3.05) is 30.8 Å². The monoisotopic (exact) mass is 280 g/mol. The van der Waals surface area contributed by atoms with E-state index in [1.54, 1.807) is 6.92 Å². The van der Waals surface area contributed by atoms with E-state index in [1.165, 1.54) is 13.2 Å². The first-order valence-electron chi connectivity index (χ1n) is 5.73. The van der Waals surface area contributed by atoms with Gasteiger partial charge in [-0.2, -0.15) is 13.2 Å². The number of halogens is 4. The first kappa shape index (κ1) is 15.4. The first-order chi connectivity index (χ1) is 8.78. The molecule has 0 aliphatic carbocycles. The molecule has 3 nitrogen and oxygen atoms in total. The number of alkyl halides is 3. The number of ether oxygens (including phenoxy) is 1. The summed E-state index contributed by atoms with van der Waals surface area (Å²) in [6.45, 7) is 0.776. The SMILES string of the molecule is CCCN(CC(F)(F)F)c1cc(OC)c(F)cc1N. The number of benzene rings is 1. The fourth-order valence-electron chi connectivity index (χ4n) is 1.76. The summed E-state index contributed by atoms with van der Waals surface area (Å²) in [7, 11) is 1.24. The van der Waals surface area contributed by atoms with Gasteiger partial charge >= 0.3 is 6.18 Å². The number of nitrogens with zero attached hydrogens (tertiary/aromatic N) is 1. The molecule has 0 spiro atoms. The quantitative estimate of drug-likeness (QED) is 0.665. The number of hydrogen-bond donors (Lipinski definition) is 1. The summed E-state index contributed by atoms with van der Waals surface area (Å²) in [4.78, 5) is 1.07. The van der Waals surface area contributed by atoms with E-state index in [-0.39, 0.29) is 23.7 Å². The van der Waals surface area contributed by atoms with Crippen LogP contribution in [0.2, 0.25) is 0 Å². The van der Waals surface area contributed by atoms with E-state index in [0.29, 0.717) is 6.42 Å². The maximum Gasteiger partial charge on any atom is 0.405 e. The van der Waals surface area contributed by atoms with Gasteiger partial charge in [-0.1, -0.05) is 6.92 Å². The molecule has 0 atom stereocenters. The predicted octanol–water partition coefficient (Wildman–Crippen LogP) is 3.20. The Morgan fingerprint density at radius 2 is 1.95 bits per heavy atom. The molecule has 7 heteroatoms. The molecule has 0 saturated carbocycles. The Morgan fingerprint density at radius 1 is 1.32 bits per heavy atom. The molecule has 0 unspecified atom stereocenters. The van der Waals surface area contributed by atoms with Crippen LogP contribution in [0.25, 0.3) is 0 Å². The Balaban J connectivity index is 3.14. The van der Waals surface area contributed by atoms with Crippen molar-refractivity contribution in [1.29, 1.82) is 0 Å². The summed E-state index contributed by atoms with van der Waals surface area (Å²) in [5.41, 5.74) is 5.67. The van der Waals surface area contributed by atoms with Crippen LogP contribution in [-0.2, 0) is 0 Å². The highest BCUT2D eigenvalue weighted by Gasteiger charge is 2.31. The molecule has 0 amide bonds. The zero-order chi connectivity index (χ0) is 14.6. The standard InChI is InChI=1S/C12H16F4N2O/c1-3-4-18(7-12(14,15)16)10-6-11(19-2)8(13)5-9(10)17/h5-6H,3-4,7,17H2,1-2H3. The third-order valence-electron chi connectivity index (χ3n) is 2.51. The van der Waals surface area contributed by atoms with E-state index in [4.69, 9.17) is 10.5 Å². The van der Waals surface area contributed by atoms with Gasteiger partial charge in [0.05, 0.1) is 18.5 Å². The first-order valence-corrected chi connectivity index (χ1v) is 5.73. The van der Waals surface area contributed by atoms with Crippen LogP contribution >= 0.6 is 0 Å². The molecule has 1 rings (SSSR count). The average Bonchev–Trinajstić information content (AvgIpc) is 2.27. The van der Waals surface area contributed by atoms with Crippen LogP contribution in [0.3, 0.4) is 0 Å². The molecular formula is C12H16F4N2O. The fourth-order valence-corrected chi connectivity index (χ4v) is 1.76. The van der Waals surface area contributed by atoms with Crippen molar-refractivity contribution in [1.82, 2.24) is 0 Å². The molecule has 1 aromatic carbocycles. The second-order valence-corrected chi connectivity index (χ2v) is 4.08. The minimum absolute atomic E-state index is 0.0454. The molecule has 0 fully saturated rings. The van der Waals surface area contributed by atoms with Gasteiger partial charge in [0.1, 0.15) is 6.54 Å². The van der Waals surface area contributed by atoms with Gasteiger partial charge in [0.25, 0.3) is 0 Å². The van der Waals surface area contributed by atoms with Crippen LogP contribution in [0.15, 0.2) is 12.1 Å². The van der Waals surface area contributed by atoms with Crippen LogP contribution in [0.1, 0.15) is 13.3 Å². The van der Waals surface area contributed by atoms with Gasteiger partial charge in [-0.25, -0.2) is 4.39 Å². The highest BCUT2D eigenvalue weighted by molar-refractivity contribution is 5.70. The fraction of sp³-hybridized carbons (Fsp3) is 0.500. The Kier molecular flexibility index (Phi) is 4.85. The molecular weight excluding hydrogens is 264 g/mol. The Morgan fingerprint density at radius 3 is 2.42 bits per heavy atom. The van der Waals surface area contributed by atoms with Crippen LogP contribution in [0.5, 0.6) is 5.75 Å². The average molecular weight is 280 g/mol. The van der Waals surface area contributed by atoms with Crippen molar-refractivity contribution in [3.8, 4) is 5.75 Å². The van der Waals surface area contributed by atoms with E-state index < -0.39 is 18.5 Å². The maximum atomic E-state index is 13.4. The lowest BCUT2D eigenvalue weighted by Crippen LogP contribution is -2.35. The molecule has 0 aliphatic rings. The second kappa shape index (κ2) is 5.99. The highest BCUT2D eigenvalue weighted by atomic mass is 19.4. The molecule has 0 radical (unpaired) electrons. The van der Waals surface area contributed by atoms with E-state index in [2.05, 4.69) is 0 Å². The lowest BCUT2D eigenvalue weighted by atomic mass is 10.2. The third-order valence-corrected chi connectivity index (χ3v) is 2.51. The van der Waals surface area contributed by atoms with Gasteiger partial charge in [-0.3, -0.25) is 0 Å². The topological polar surface area (TPSA) is 38.5 Å². The van der Waals surface area contributed by atoms with Gasteiger partial charge in [0.15, 0.2) is 11.6 Å². The Hall–Kier alpha value is -1.66. The molecule has 2 N–H and O–H groups in total. The Bertz CT molecular complexity index is 434. The van der Waals surface area contributed by atoms with Crippen molar-refractivity contribution in [2.45, 2.75) is 19.5 Å². The van der Waals surface area contributed by atoms with E-state index in [9.17, 15) is 17.6 Å². The molecule has 0 aliphatic heterocycles. The van der Waals surface area contributed by atoms with Crippen molar-refractivity contribution >= 4 is 11.4 Å². The van der Waals surface area contributed by atoms with Crippen molar-refractivity contribution in [2.24, 2.45) is 0 Å². The van der Waals surface area contributed by atoms with Gasteiger partial charge < -0.3 is 15.4 Å². The molecule has 0 bridgehead atoms. The van der Waals surface area contributed by atoms with Gasteiger partial charge in [0.2, 0.25) is 0 Å². The zero-order valence-corrected chi connectivity index (χ0v) is 10.7. The minimum Gasteiger partial charge on any atom is -0.494 e. The maximum absolute atomic E-state index is 13.4. The normalized spacial score (nSPS) is 11.5. The van der Waals surface area contributed by atoms with Gasteiger partial charge in [-0.15, -0.1) is 0 Å². The smallest absolute Gasteiger partial charge is 0.405 e. The summed E-state index contributed by atoms with van der Waals surface area (Å²) < 4.78 is 55.7. The number of rotatable bonds is 5. The second-order valence-electron chi connectivity index (χ2n) is 4.08. The van der Waals surface area contributed by atoms with Crippen LogP contribution in [0.4, 0.5) is 28.9 Å². The number of anilines is 2. The van der Waals surface area contributed by atoms with E-state index >= 15 is 0 Å².